The quantitative estimate of drug-likeness (QED) is 0.486. The van der Waals surface area contributed by atoms with Crippen molar-refractivity contribution in [2.24, 2.45) is 0 Å². The number of amides is 1. The molecule has 5 heteroatoms. The second-order valence-electron chi connectivity index (χ2n) is 7.58. The zero-order chi connectivity index (χ0) is 18.5. The molecule has 1 saturated heterocycles. The fourth-order valence-corrected chi connectivity index (χ4v) is 3.59. The Morgan fingerprint density at radius 2 is 1.56 bits per heavy atom. The Balaban J connectivity index is 1.93. The molecule has 1 fully saturated rings. The van der Waals surface area contributed by atoms with Gasteiger partial charge in [-0.05, 0) is 33.2 Å². The van der Waals surface area contributed by atoms with E-state index in [-0.39, 0.29) is 11.9 Å². The number of likely N-dealkylation sites (N-methyl/N-ethyl adjacent to an activating group) is 1. The van der Waals surface area contributed by atoms with Crippen LogP contribution in [-0.4, -0.2) is 56.0 Å². The number of rotatable bonds is 14. The largest absolute Gasteiger partial charge is 0.383 e. The van der Waals surface area contributed by atoms with E-state index in [4.69, 9.17) is 4.74 Å². The zero-order valence-corrected chi connectivity index (χ0v) is 16.5. The van der Waals surface area contributed by atoms with Gasteiger partial charge in [0.1, 0.15) is 5.78 Å². The van der Waals surface area contributed by atoms with E-state index in [0.29, 0.717) is 18.2 Å². The number of likely N-dealkylation sites (tertiary alicyclic amines) is 1. The summed E-state index contributed by atoms with van der Waals surface area (Å²) < 4.78 is 5.22. The second kappa shape index (κ2) is 13.3. The van der Waals surface area contributed by atoms with E-state index in [9.17, 15) is 9.59 Å². The van der Waals surface area contributed by atoms with Gasteiger partial charge in [0.25, 0.3) is 0 Å². The molecular formula is C20H38N2O3. The summed E-state index contributed by atoms with van der Waals surface area (Å²) in [6.07, 6.45) is 11.6. The van der Waals surface area contributed by atoms with Gasteiger partial charge in [-0.1, -0.05) is 38.5 Å². The third-order valence-electron chi connectivity index (χ3n) is 5.10. The monoisotopic (exact) mass is 354 g/mol. The van der Waals surface area contributed by atoms with E-state index in [1.165, 1.54) is 32.1 Å². The molecule has 1 heterocycles. The molecule has 2 atom stereocenters. The van der Waals surface area contributed by atoms with Crippen LogP contribution in [0, 0.1) is 0 Å². The highest BCUT2D eigenvalue weighted by Gasteiger charge is 2.29. The Labute approximate surface area is 153 Å². The highest BCUT2D eigenvalue weighted by atomic mass is 16.5. The normalized spacial score (nSPS) is 20.8. The Bertz CT molecular complexity index is 387. The second-order valence-corrected chi connectivity index (χ2v) is 7.58. The van der Waals surface area contributed by atoms with Crippen LogP contribution in [-0.2, 0) is 14.3 Å². The van der Waals surface area contributed by atoms with E-state index < -0.39 is 0 Å². The van der Waals surface area contributed by atoms with Crippen LogP contribution in [0.2, 0.25) is 0 Å². The number of hydrogen-bond acceptors (Lipinski definition) is 4. The van der Waals surface area contributed by atoms with Crippen LogP contribution in [0.1, 0.15) is 77.6 Å². The smallest absolute Gasteiger partial charge is 0.220 e. The van der Waals surface area contributed by atoms with Crippen LogP contribution in [0.25, 0.3) is 0 Å². The van der Waals surface area contributed by atoms with Crippen molar-refractivity contribution in [3.8, 4) is 0 Å². The Hall–Kier alpha value is -0.940. The molecule has 0 spiro atoms. The molecule has 1 aliphatic rings. The number of carbonyl (C=O) groups is 2. The first-order chi connectivity index (χ1) is 12.0. The van der Waals surface area contributed by atoms with Gasteiger partial charge in [-0.2, -0.15) is 0 Å². The van der Waals surface area contributed by atoms with Crippen molar-refractivity contribution in [1.82, 2.24) is 10.2 Å². The molecule has 5 nitrogen and oxygen atoms in total. The first kappa shape index (κ1) is 22.1. The molecular weight excluding hydrogens is 316 g/mol. The fraction of sp³-hybridized carbons (Fsp3) is 0.900. The lowest BCUT2D eigenvalue weighted by Crippen LogP contribution is -2.36. The summed E-state index contributed by atoms with van der Waals surface area (Å²) in [5.74, 6) is 0.498. The number of Topliss-reactive ketones (excluding diaryl/α,β-unsaturated/α-hetero) is 1. The van der Waals surface area contributed by atoms with Crippen LogP contribution in [0.15, 0.2) is 0 Å². The third kappa shape index (κ3) is 10.6. The molecule has 1 aliphatic heterocycles. The van der Waals surface area contributed by atoms with Gasteiger partial charge in [-0.15, -0.1) is 0 Å². The lowest BCUT2D eigenvalue weighted by Gasteiger charge is -2.17. The number of ketones is 1. The van der Waals surface area contributed by atoms with Crippen molar-refractivity contribution in [2.45, 2.75) is 89.6 Å². The molecule has 0 aromatic heterocycles. The molecule has 0 bridgehead atoms. The average Bonchev–Trinajstić information content (AvgIpc) is 2.88. The van der Waals surface area contributed by atoms with Crippen molar-refractivity contribution in [3.63, 3.8) is 0 Å². The minimum Gasteiger partial charge on any atom is -0.383 e. The van der Waals surface area contributed by atoms with Crippen molar-refractivity contribution < 1.29 is 14.3 Å². The van der Waals surface area contributed by atoms with Crippen molar-refractivity contribution in [1.29, 1.82) is 0 Å². The summed E-state index contributed by atoms with van der Waals surface area (Å²) in [5.41, 5.74) is 0. The highest BCUT2D eigenvalue weighted by molar-refractivity contribution is 5.76. The van der Waals surface area contributed by atoms with E-state index >= 15 is 0 Å². The maximum atomic E-state index is 12.0. The predicted octanol–water partition coefficient (Wildman–Crippen LogP) is 3.31. The maximum absolute atomic E-state index is 12.0. The topological polar surface area (TPSA) is 58.6 Å². The molecule has 146 valence electrons. The minimum atomic E-state index is 0.195. The van der Waals surface area contributed by atoms with Crippen LogP contribution in [0.5, 0.6) is 0 Å². The molecule has 0 saturated carbocycles. The van der Waals surface area contributed by atoms with Crippen LogP contribution < -0.4 is 5.32 Å². The van der Waals surface area contributed by atoms with Gasteiger partial charge in [0.2, 0.25) is 5.91 Å². The molecule has 1 N–H and O–H groups in total. The molecule has 0 aliphatic carbocycles. The van der Waals surface area contributed by atoms with Crippen LogP contribution in [0.4, 0.5) is 0 Å². The molecule has 1 rings (SSSR count). The number of unbranched alkanes of at least 4 members (excludes halogenated alkanes) is 7. The van der Waals surface area contributed by atoms with Crippen LogP contribution in [0.3, 0.4) is 0 Å². The standard InChI is InChI=1S/C20H38N2O3/c1-17(23)12-10-8-6-4-5-7-9-11-13-20(24)21-18-14-19(16-25-3)22(2)15-18/h18-19H,4-16H2,1-3H3,(H,21,24)/t18-,19+/m1/s1. The molecule has 0 unspecified atom stereocenters. The first-order valence-electron chi connectivity index (χ1n) is 10.0. The van der Waals surface area contributed by atoms with Gasteiger partial charge in [0, 0.05) is 38.6 Å². The number of nitrogens with zero attached hydrogens (tertiary/aromatic N) is 1. The summed E-state index contributed by atoms with van der Waals surface area (Å²) in [6.45, 7) is 3.32. The van der Waals surface area contributed by atoms with Crippen molar-refractivity contribution in [2.75, 3.05) is 27.3 Å². The summed E-state index contributed by atoms with van der Waals surface area (Å²) in [4.78, 5) is 25.1. The molecule has 0 aromatic rings. The van der Waals surface area contributed by atoms with Gasteiger partial charge in [-0.25, -0.2) is 0 Å². The molecule has 25 heavy (non-hydrogen) atoms. The lowest BCUT2D eigenvalue weighted by atomic mass is 10.1. The number of ether oxygens (including phenoxy) is 1. The summed E-state index contributed by atoms with van der Waals surface area (Å²) >= 11 is 0. The van der Waals surface area contributed by atoms with Crippen molar-refractivity contribution >= 4 is 11.7 Å². The summed E-state index contributed by atoms with van der Waals surface area (Å²) in [5, 5.41) is 3.17. The van der Waals surface area contributed by atoms with E-state index in [1.54, 1.807) is 14.0 Å². The third-order valence-corrected chi connectivity index (χ3v) is 5.10. The van der Waals surface area contributed by atoms with E-state index in [1.807, 2.05) is 0 Å². The van der Waals surface area contributed by atoms with Gasteiger partial charge >= 0.3 is 0 Å². The number of carbonyl (C=O) groups excluding carboxylic acids is 2. The van der Waals surface area contributed by atoms with Gasteiger partial charge in [0.05, 0.1) is 6.61 Å². The maximum Gasteiger partial charge on any atom is 0.220 e. The number of hydrogen-bond donors (Lipinski definition) is 1. The molecule has 1 amide bonds. The summed E-state index contributed by atoms with van der Waals surface area (Å²) in [6, 6.07) is 0.693. The summed E-state index contributed by atoms with van der Waals surface area (Å²) in [7, 11) is 3.82. The van der Waals surface area contributed by atoms with Gasteiger partial charge in [-0.3, -0.25) is 9.69 Å². The molecule has 0 aromatic carbocycles. The van der Waals surface area contributed by atoms with Gasteiger partial charge in [0.15, 0.2) is 0 Å². The first-order valence-corrected chi connectivity index (χ1v) is 10.0. The lowest BCUT2D eigenvalue weighted by molar-refractivity contribution is -0.122. The highest BCUT2D eigenvalue weighted by Crippen LogP contribution is 2.16. The predicted molar refractivity (Wildman–Crippen MR) is 102 cm³/mol. The Kier molecular flexibility index (Phi) is 11.7. The number of nitrogens with one attached hydrogen (secondary N) is 1. The Morgan fingerprint density at radius 3 is 2.12 bits per heavy atom. The van der Waals surface area contributed by atoms with Gasteiger partial charge < -0.3 is 14.8 Å². The van der Waals surface area contributed by atoms with Crippen molar-refractivity contribution in [3.05, 3.63) is 0 Å². The van der Waals surface area contributed by atoms with E-state index in [0.717, 1.165) is 45.3 Å². The minimum absolute atomic E-state index is 0.195. The average molecular weight is 355 g/mol. The van der Waals surface area contributed by atoms with Crippen LogP contribution >= 0.6 is 0 Å². The van der Waals surface area contributed by atoms with E-state index in [2.05, 4.69) is 17.3 Å². The molecule has 0 radical (unpaired) electrons. The number of methoxy groups -OCH3 is 1. The SMILES string of the molecule is COC[C@@H]1C[C@@H](NC(=O)CCCCCCCCCCC(C)=O)CN1C. The Morgan fingerprint density at radius 1 is 1.00 bits per heavy atom. The fourth-order valence-electron chi connectivity index (χ4n) is 3.59. The zero-order valence-electron chi connectivity index (χ0n) is 16.5.